The van der Waals surface area contributed by atoms with E-state index in [1.807, 2.05) is 13.8 Å². The topological polar surface area (TPSA) is 96.0 Å². The highest BCUT2D eigenvalue weighted by Gasteiger charge is 2.37. The molecule has 0 spiro atoms. The van der Waals surface area contributed by atoms with Gasteiger partial charge in [-0.05, 0) is 44.9 Å². The second kappa shape index (κ2) is 8.39. The van der Waals surface area contributed by atoms with E-state index in [0.717, 1.165) is 0 Å². The average molecular weight is 436 g/mol. The standard InChI is InChI=1S/C21H29N3O5S/c1-5-10-24-17-13-16(6-7-18(17)29-14-21(2,3)20(24)26)22-19(25)15-8-11-23(12-9-15)30(4,27)28/h5-7,13,15H,1,8-12,14H2,2-4H3,(H,22,25). The number of rotatable bonds is 5. The van der Waals surface area contributed by atoms with Crippen LogP contribution < -0.4 is 15.0 Å². The molecule has 1 N–H and O–H groups in total. The zero-order chi connectivity index (χ0) is 22.1. The number of fused-ring (bicyclic) bond motifs is 1. The smallest absolute Gasteiger partial charge is 0.236 e. The molecule has 1 saturated heterocycles. The van der Waals surface area contributed by atoms with Gasteiger partial charge in [0.05, 0.1) is 17.4 Å². The number of amides is 2. The minimum Gasteiger partial charge on any atom is -0.490 e. The van der Waals surface area contributed by atoms with E-state index >= 15 is 0 Å². The van der Waals surface area contributed by atoms with E-state index in [2.05, 4.69) is 11.9 Å². The molecule has 8 nitrogen and oxygen atoms in total. The van der Waals surface area contributed by atoms with Gasteiger partial charge in [0, 0.05) is 31.2 Å². The number of benzene rings is 1. The van der Waals surface area contributed by atoms with Crippen molar-refractivity contribution in [2.24, 2.45) is 11.3 Å². The Hall–Kier alpha value is -2.39. The Kier molecular flexibility index (Phi) is 6.24. The van der Waals surface area contributed by atoms with Crippen LogP contribution in [-0.4, -0.2) is 57.0 Å². The normalized spacial score (nSPS) is 20.1. The molecular weight excluding hydrogens is 406 g/mol. The average Bonchev–Trinajstić information content (AvgIpc) is 2.78. The molecule has 1 aromatic rings. The molecule has 0 aromatic heterocycles. The largest absolute Gasteiger partial charge is 0.490 e. The second-order valence-electron chi connectivity index (χ2n) is 8.49. The third-order valence-electron chi connectivity index (χ3n) is 5.54. The molecule has 0 radical (unpaired) electrons. The van der Waals surface area contributed by atoms with Gasteiger partial charge in [-0.3, -0.25) is 9.59 Å². The fraction of sp³-hybridized carbons (Fsp3) is 0.524. The Morgan fingerprint density at radius 3 is 2.60 bits per heavy atom. The summed E-state index contributed by atoms with van der Waals surface area (Å²) in [5.41, 5.74) is 0.476. The predicted octanol–water partition coefficient (Wildman–Crippen LogP) is 2.23. The van der Waals surface area contributed by atoms with E-state index < -0.39 is 15.4 Å². The Balaban J connectivity index is 1.76. The van der Waals surface area contributed by atoms with Crippen molar-refractivity contribution >= 4 is 33.2 Å². The second-order valence-corrected chi connectivity index (χ2v) is 10.5. The zero-order valence-corrected chi connectivity index (χ0v) is 18.5. The predicted molar refractivity (Wildman–Crippen MR) is 116 cm³/mol. The van der Waals surface area contributed by atoms with Crippen molar-refractivity contribution in [2.75, 3.05) is 42.7 Å². The monoisotopic (exact) mass is 435 g/mol. The van der Waals surface area contributed by atoms with Crippen molar-refractivity contribution in [3.63, 3.8) is 0 Å². The number of nitrogens with zero attached hydrogens (tertiary/aromatic N) is 2. The summed E-state index contributed by atoms with van der Waals surface area (Å²) in [6.07, 6.45) is 3.79. The first-order chi connectivity index (χ1) is 14.0. The van der Waals surface area contributed by atoms with Crippen LogP contribution in [0.1, 0.15) is 26.7 Å². The van der Waals surface area contributed by atoms with Crippen LogP contribution in [-0.2, 0) is 19.6 Å². The summed E-state index contributed by atoms with van der Waals surface area (Å²) in [5, 5.41) is 2.91. The quantitative estimate of drug-likeness (QED) is 0.716. The molecule has 0 aliphatic carbocycles. The first-order valence-electron chi connectivity index (χ1n) is 9.98. The van der Waals surface area contributed by atoms with Crippen LogP contribution in [0, 0.1) is 11.3 Å². The summed E-state index contributed by atoms with van der Waals surface area (Å²) < 4.78 is 30.6. The first kappa shape index (κ1) is 22.3. The van der Waals surface area contributed by atoms with Gasteiger partial charge in [-0.15, -0.1) is 6.58 Å². The lowest BCUT2D eigenvalue weighted by Gasteiger charge is -2.29. The van der Waals surface area contributed by atoms with Crippen molar-refractivity contribution in [1.29, 1.82) is 0 Å². The maximum absolute atomic E-state index is 13.0. The first-order valence-corrected chi connectivity index (χ1v) is 11.8. The van der Waals surface area contributed by atoms with Crippen molar-refractivity contribution in [2.45, 2.75) is 26.7 Å². The van der Waals surface area contributed by atoms with Gasteiger partial charge in [-0.1, -0.05) is 6.08 Å². The number of nitrogens with one attached hydrogen (secondary N) is 1. The van der Waals surface area contributed by atoms with Crippen LogP contribution in [0.25, 0.3) is 0 Å². The van der Waals surface area contributed by atoms with Gasteiger partial charge in [-0.25, -0.2) is 12.7 Å². The van der Waals surface area contributed by atoms with Crippen molar-refractivity contribution in [3.05, 3.63) is 30.9 Å². The Bertz CT molecular complexity index is 949. The number of sulfonamides is 1. The number of carbonyl (C=O) groups excluding carboxylic acids is 2. The number of piperidine rings is 1. The molecule has 0 saturated carbocycles. The zero-order valence-electron chi connectivity index (χ0n) is 17.7. The maximum atomic E-state index is 13.0. The lowest BCUT2D eigenvalue weighted by atomic mass is 9.93. The Morgan fingerprint density at radius 1 is 1.33 bits per heavy atom. The fourth-order valence-corrected chi connectivity index (χ4v) is 4.60. The van der Waals surface area contributed by atoms with Crippen LogP contribution in [0.2, 0.25) is 0 Å². The van der Waals surface area contributed by atoms with Gasteiger partial charge in [0.15, 0.2) is 0 Å². The van der Waals surface area contributed by atoms with Gasteiger partial charge in [-0.2, -0.15) is 0 Å². The summed E-state index contributed by atoms with van der Waals surface area (Å²) in [5.74, 6) is 0.0930. The van der Waals surface area contributed by atoms with Gasteiger partial charge in [0.1, 0.15) is 12.4 Å². The summed E-state index contributed by atoms with van der Waals surface area (Å²) in [6.45, 7) is 8.69. The van der Waals surface area contributed by atoms with Crippen molar-refractivity contribution in [3.8, 4) is 5.75 Å². The van der Waals surface area contributed by atoms with E-state index in [0.29, 0.717) is 49.6 Å². The van der Waals surface area contributed by atoms with Gasteiger partial charge < -0.3 is 15.0 Å². The summed E-state index contributed by atoms with van der Waals surface area (Å²) in [7, 11) is -3.23. The maximum Gasteiger partial charge on any atom is 0.236 e. The molecule has 1 aromatic carbocycles. The van der Waals surface area contributed by atoms with E-state index in [1.54, 1.807) is 29.2 Å². The van der Waals surface area contributed by atoms with Gasteiger partial charge in [0.25, 0.3) is 0 Å². The summed E-state index contributed by atoms with van der Waals surface area (Å²) in [4.78, 5) is 27.3. The van der Waals surface area contributed by atoms with Crippen LogP contribution in [0.15, 0.2) is 30.9 Å². The van der Waals surface area contributed by atoms with Crippen LogP contribution in [0.5, 0.6) is 5.75 Å². The molecule has 164 valence electrons. The third kappa shape index (κ3) is 4.67. The molecule has 2 aliphatic rings. The Labute approximate surface area is 177 Å². The van der Waals surface area contributed by atoms with Crippen LogP contribution in [0.3, 0.4) is 0 Å². The molecule has 3 rings (SSSR count). The molecule has 0 atom stereocenters. The number of anilines is 2. The highest BCUT2D eigenvalue weighted by Crippen LogP contribution is 2.38. The minimum absolute atomic E-state index is 0.0715. The van der Waals surface area contributed by atoms with E-state index in [1.165, 1.54) is 10.6 Å². The lowest BCUT2D eigenvalue weighted by molar-refractivity contribution is -0.127. The van der Waals surface area contributed by atoms with Crippen molar-refractivity contribution in [1.82, 2.24) is 4.31 Å². The molecule has 30 heavy (non-hydrogen) atoms. The van der Waals surface area contributed by atoms with Crippen molar-refractivity contribution < 1.29 is 22.7 Å². The van der Waals surface area contributed by atoms with Crippen LogP contribution >= 0.6 is 0 Å². The fourth-order valence-electron chi connectivity index (χ4n) is 3.73. The molecular formula is C21H29N3O5S. The highest BCUT2D eigenvalue weighted by molar-refractivity contribution is 7.88. The number of ether oxygens (including phenoxy) is 1. The Morgan fingerprint density at radius 2 is 2.00 bits per heavy atom. The van der Waals surface area contributed by atoms with E-state index in [4.69, 9.17) is 4.74 Å². The molecule has 2 aliphatic heterocycles. The number of hydrogen-bond donors (Lipinski definition) is 1. The summed E-state index contributed by atoms with van der Waals surface area (Å²) in [6, 6.07) is 5.24. The van der Waals surface area contributed by atoms with Gasteiger partial charge in [0.2, 0.25) is 21.8 Å². The van der Waals surface area contributed by atoms with E-state index in [9.17, 15) is 18.0 Å². The van der Waals surface area contributed by atoms with Crippen LogP contribution in [0.4, 0.5) is 11.4 Å². The molecule has 9 heteroatoms. The molecule has 0 bridgehead atoms. The lowest BCUT2D eigenvalue weighted by Crippen LogP contribution is -2.42. The molecule has 2 heterocycles. The SMILES string of the molecule is C=CCN1C(=O)C(C)(C)COc2ccc(NC(=O)C3CCN(S(C)(=O)=O)CC3)cc21. The van der Waals surface area contributed by atoms with E-state index in [-0.39, 0.29) is 24.3 Å². The van der Waals surface area contributed by atoms with Gasteiger partial charge >= 0.3 is 0 Å². The number of hydrogen-bond acceptors (Lipinski definition) is 5. The number of carbonyl (C=O) groups is 2. The molecule has 1 fully saturated rings. The molecule has 2 amide bonds. The summed E-state index contributed by atoms with van der Waals surface area (Å²) >= 11 is 0. The minimum atomic E-state index is -3.23. The highest BCUT2D eigenvalue weighted by atomic mass is 32.2. The molecule has 0 unspecified atom stereocenters. The third-order valence-corrected chi connectivity index (χ3v) is 6.84.